The number of nitrogens with zero attached hydrogens (tertiary/aromatic N) is 1. The fraction of sp³-hybridized carbons (Fsp3) is 0.412. The molecule has 0 atom stereocenters. The Morgan fingerprint density at radius 2 is 1.92 bits per heavy atom. The summed E-state index contributed by atoms with van der Waals surface area (Å²) in [6.45, 7) is 4.91. The second-order valence-electron chi connectivity index (χ2n) is 5.54. The van der Waals surface area contributed by atoms with Crippen LogP contribution in [0.5, 0.6) is 5.75 Å². The average molecular weight is 350 g/mol. The van der Waals surface area contributed by atoms with Gasteiger partial charge in [0, 0.05) is 36.7 Å². The maximum absolute atomic E-state index is 9.10. The molecule has 8 nitrogen and oxygen atoms in total. The van der Waals surface area contributed by atoms with Crippen LogP contribution >= 0.6 is 0 Å². The molecule has 1 aliphatic heterocycles. The molecule has 0 amide bonds. The standard InChI is InChI=1S/C15H20N2O2.C2H2O4/c1-18-13-2-3-15-14(10-13)12(11-16-15)4-5-17-6-8-19-9-7-17;3-1(4)2(5)6/h2-3,10-11,16H,4-9H2,1H3;(H,3,4)(H,5,6). The monoisotopic (exact) mass is 350 g/mol. The number of hydrogen-bond acceptors (Lipinski definition) is 5. The number of carboxylic acids is 2. The molecule has 1 aromatic carbocycles. The molecule has 0 spiro atoms. The Bertz CT molecular complexity index is 709. The molecule has 3 rings (SSSR count). The van der Waals surface area contributed by atoms with E-state index < -0.39 is 11.9 Å². The molecule has 0 bridgehead atoms. The van der Waals surface area contributed by atoms with Gasteiger partial charge < -0.3 is 24.7 Å². The number of benzene rings is 1. The Kier molecular flexibility index (Phi) is 6.79. The van der Waals surface area contributed by atoms with Crippen molar-refractivity contribution in [3.05, 3.63) is 30.0 Å². The largest absolute Gasteiger partial charge is 0.497 e. The topological polar surface area (TPSA) is 112 Å². The quantitative estimate of drug-likeness (QED) is 0.711. The summed E-state index contributed by atoms with van der Waals surface area (Å²) in [6, 6.07) is 6.18. The van der Waals surface area contributed by atoms with Crippen molar-refractivity contribution in [2.75, 3.05) is 40.0 Å². The zero-order chi connectivity index (χ0) is 18.2. The van der Waals surface area contributed by atoms with Gasteiger partial charge in [-0.15, -0.1) is 0 Å². The minimum absolute atomic E-state index is 0.863. The number of methoxy groups -OCH3 is 1. The first-order chi connectivity index (χ1) is 12.0. The predicted molar refractivity (Wildman–Crippen MR) is 91.1 cm³/mol. The van der Waals surface area contributed by atoms with E-state index in [4.69, 9.17) is 29.3 Å². The fourth-order valence-electron chi connectivity index (χ4n) is 2.59. The number of rotatable bonds is 4. The molecule has 1 aromatic heterocycles. The maximum Gasteiger partial charge on any atom is 0.414 e. The number of aromatic amines is 1. The minimum Gasteiger partial charge on any atom is -0.497 e. The maximum atomic E-state index is 9.10. The lowest BCUT2D eigenvalue weighted by molar-refractivity contribution is -0.159. The summed E-state index contributed by atoms with van der Waals surface area (Å²) < 4.78 is 10.7. The molecule has 0 radical (unpaired) electrons. The van der Waals surface area contributed by atoms with E-state index >= 15 is 0 Å². The van der Waals surface area contributed by atoms with Crippen LogP contribution in [-0.4, -0.2) is 72.0 Å². The van der Waals surface area contributed by atoms with Crippen LogP contribution in [0.15, 0.2) is 24.4 Å². The highest BCUT2D eigenvalue weighted by molar-refractivity contribution is 6.27. The molecule has 136 valence electrons. The third-order valence-electron chi connectivity index (χ3n) is 3.96. The van der Waals surface area contributed by atoms with Crippen molar-refractivity contribution in [2.24, 2.45) is 0 Å². The van der Waals surface area contributed by atoms with Gasteiger partial charge in [0.15, 0.2) is 0 Å². The Balaban J connectivity index is 0.000000326. The van der Waals surface area contributed by atoms with E-state index in [1.54, 1.807) is 7.11 Å². The molecule has 1 aliphatic rings. The number of aromatic nitrogens is 1. The number of hydrogen-bond donors (Lipinski definition) is 3. The minimum atomic E-state index is -1.82. The lowest BCUT2D eigenvalue weighted by Crippen LogP contribution is -2.37. The van der Waals surface area contributed by atoms with Crippen LogP contribution in [0.3, 0.4) is 0 Å². The third kappa shape index (κ3) is 5.47. The highest BCUT2D eigenvalue weighted by Crippen LogP contribution is 2.24. The molecule has 1 saturated heterocycles. The van der Waals surface area contributed by atoms with Gasteiger partial charge in [-0.3, -0.25) is 4.90 Å². The highest BCUT2D eigenvalue weighted by atomic mass is 16.5. The van der Waals surface area contributed by atoms with Crippen LogP contribution in [-0.2, 0) is 20.7 Å². The Morgan fingerprint density at radius 3 is 2.52 bits per heavy atom. The van der Waals surface area contributed by atoms with Gasteiger partial charge in [-0.2, -0.15) is 0 Å². The summed E-state index contributed by atoms with van der Waals surface area (Å²) in [5.74, 6) is -2.73. The summed E-state index contributed by atoms with van der Waals surface area (Å²) in [5.41, 5.74) is 2.54. The number of nitrogens with one attached hydrogen (secondary N) is 1. The van der Waals surface area contributed by atoms with Gasteiger partial charge in [-0.25, -0.2) is 9.59 Å². The van der Waals surface area contributed by atoms with Crippen molar-refractivity contribution in [3.8, 4) is 5.75 Å². The van der Waals surface area contributed by atoms with Gasteiger partial charge in [0.1, 0.15) is 5.75 Å². The Morgan fingerprint density at radius 1 is 1.24 bits per heavy atom. The van der Waals surface area contributed by atoms with Gasteiger partial charge in [-0.1, -0.05) is 0 Å². The lowest BCUT2D eigenvalue weighted by atomic mass is 10.1. The molecule has 1 fully saturated rings. The summed E-state index contributed by atoms with van der Waals surface area (Å²) in [6.07, 6.45) is 3.18. The van der Waals surface area contributed by atoms with Crippen molar-refractivity contribution >= 4 is 22.8 Å². The number of H-pyrrole nitrogens is 1. The average Bonchev–Trinajstić information content (AvgIpc) is 3.03. The molecule has 2 aromatic rings. The number of carboxylic acid groups (broad SMARTS) is 2. The first kappa shape index (κ1) is 18.8. The van der Waals surface area contributed by atoms with E-state index in [0.29, 0.717) is 0 Å². The van der Waals surface area contributed by atoms with Crippen molar-refractivity contribution < 1.29 is 29.3 Å². The van der Waals surface area contributed by atoms with E-state index in [2.05, 4.69) is 28.2 Å². The molecule has 2 heterocycles. The summed E-state index contributed by atoms with van der Waals surface area (Å²) in [7, 11) is 1.71. The SMILES string of the molecule is COc1ccc2[nH]cc(CCN3CCOCC3)c2c1.O=C(O)C(=O)O. The number of morpholine rings is 1. The number of ether oxygens (including phenoxy) is 2. The van der Waals surface area contributed by atoms with Crippen LogP contribution in [0.4, 0.5) is 0 Å². The lowest BCUT2D eigenvalue weighted by Gasteiger charge is -2.26. The van der Waals surface area contributed by atoms with E-state index in [9.17, 15) is 0 Å². The molecule has 3 N–H and O–H groups in total. The van der Waals surface area contributed by atoms with Gasteiger partial charge in [-0.05, 0) is 30.2 Å². The van der Waals surface area contributed by atoms with E-state index in [0.717, 1.165) is 45.0 Å². The van der Waals surface area contributed by atoms with Crippen LogP contribution in [0.1, 0.15) is 5.56 Å². The van der Waals surface area contributed by atoms with Crippen LogP contribution in [0.25, 0.3) is 10.9 Å². The second-order valence-corrected chi connectivity index (χ2v) is 5.54. The zero-order valence-corrected chi connectivity index (χ0v) is 14.0. The highest BCUT2D eigenvalue weighted by Gasteiger charge is 2.11. The second kappa shape index (κ2) is 9.05. The van der Waals surface area contributed by atoms with Gasteiger partial charge in [0.2, 0.25) is 0 Å². The van der Waals surface area contributed by atoms with Crippen molar-refractivity contribution in [1.82, 2.24) is 9.88 Å². The normalized spacial score (nSPS) is 14.6. The molecular weight excluding hydrogens is 328 g/mol. The Labute approximate surface area is 145 Å². The van der Waals surface area contributed by atoms with Crippen LogP contribution in [0, 0.1) is 0 Å². The Hall–Kier alpha value is -2.58. The summed E-state index contributed by atoms with van der Waals surface area (Å²) in [4.78, 5) is 24.0. The zero-order valence-electron chi connectivity index (χ0n) is 14.0. The van der Waals surface area contributed by atoms with Gasteiger partial charge in [0.25, 0.3) is 0 Å². The molecule has 0 aliphatic carbocycles. The molecule has 8 heteroatoms. The first-order valence-corrected chi connectivity index (χ1v) is 7.91. The van der Waals surface area contributed by atoms with Crippen LogP contribution in [0.2, 0.25) is 0 Å². The van der Waals surface area contributed by atoms with Crippen molar-refractivity contribution in [1.29, 1.82) is 0 Å². The van der Waals surface area contributed by atoms with E-state index in [-0.39, 0.29) is 0 Å². The summed E-state index contributed by atoms with van der Waals surface area (Å²) >= 11 is 0. The molecular formula is C17H22N2O6. The first-order valence-electron chi connectivity index (χ1n) is 7.91. The number of aliphatic carboxylic acids is 2. The van der Waals surface area contributed by atoms with Crippen molar-refractivity contribution in [3.63, 3.8) is 0 Å². The number of fused-ring (bicyclic) bond motifs is 1. The predicted octanol–water partition coefficient (Wildman–Crippen LogP) is 1.21. The fourth-order valence-corrected chi connectivity index (χ4v) is 2.59. The van der Waals surface area contributed by atoms with Crippen molar-refractivity contribution in [2.45, 2.75) is 6.42 Å². The van der Waals surface area contributed by atoms with E-state index in [1.165, 1.54) is 16.5 Å². The molecule has 0 unspecified atom stereocenters. The number of carbonyl (C=O) groups is 2. The van der Waals surface area contributed by atoms with Crippen LogP contribution < -0.4 is 4.74 Å². The smallest absolute Gasteiger partial charge is 0.414 e. The molecule has 25 heavy (non-hydrogen) atoms. The third-order valence-corrected chi connectivity index (χ3v) is 3.96. The summed E-state index contributed by atoms with van der Waals surface area (Å²) in [5, 5.41) is 16.1. The van der Waals surface area contributed by atoms with Gasteiger partial charge >= 0.3 is 11.9 Å². The van der Waals surface area contributed by atoms with Gasteiger partial charge in [0.05, 0.1) is 20.3 Å². The molecule has 0 saturated carbocycles. The van der Waals surface area contributed by atoms with E-state index in [1.807, 2.05) is 6.07 Å².